The molecule has 1 aromatic rings. The molecule has 0 fully saturated rings. The fourth-order valence-corrected chi connectivity index (χ4v) is 2.72. The van der Waals surface area contributed by atoms with E-state index in [4.69, 9.17) is 0 Å². The second-order valence-corrected chi connectivity index (χ2v) is 5.69. The third kappa shape index (κ3) is 3.70. The molecule has 1 aliphatic heterocycles. The molecule has 2 N–H and O–H groups in total. The summed E-state index contributed by atoms with van der Waals surface area (Å²) in [7, 11) is 0. The minimum absolute atomic E-state index is 0.0394. The van der Waals surface area contributed by atoms with Crippen molar-refractivity contribution in [1.82, 2.24) is 9.88 Å². The molecule has 5 heteroatoms. The fourth-order valence-electron chi connectivity index (χ4n) is 2.72. The average Bonchev–Trinajstić information content (AvgIpc) is 3.04. The first kappa shape index (κ1) is 16.2. The number of carbonyl (C=O) groups excluding carboxylic acids is 1. The highest BCUT2D eigenvalue weighted by Crippen LogP contribution is 2.23. The van der Waals surface area contributed by atoms with Crippen molar-refractivity contribution in [1.29, 1.82) is 5.26 Å². The number of nitrogens with one attached hydrogen (secondary N) is 2. The normalized spacial score (nSPS) is 14.1. The number of hydrogen-bond donors (Lipinski definition) is 2. The standard InChI is InChI=1S/C17H24N4O/c1-3-5-6-7-13-11-19-17(15(13)10-18)20-14-9-16(22)21(12-14)8-4-2/h9,11,19-20H,3-8,12H2,1-2H3. The van der Waals surface area contributed by atoms with Gasteiger partial charge in [0.2, 0.25) is 5.91 Å². The van der Waals surface area contributed by atoms with Crippen LogP contribution in [0, 0.1) is 11.3 Å². The highest BCUT2D eigenvalue weighted by Gasteiger charge is 2.22. The summed E-state index contributed by atoms with van der Waals surface area (Å²) in [4.78, 5) is 16.8. The second kappa shape index (κ2) is 7.69. The highest BCUT2D eigenvalue weighted by atomic mass is 16.2. The molecular weight excluding hydrogens is 276 g/mol. The first-order chi connectivity index (χ1) is 10.7. The van der Waals surface area contributed by atoms with Crippen molar-refractivity contribution < 1.29 is 4.79 Å². The molecule has 2 rings (SSSR count). The largest absolute Gasteiger partial charge is 0.347 e. The van der Waals surface area contributed by atoms with Crippen LogP contribution in [0.25, 0.3) is 0 Å². The van der Waals surface area contributed by atoms with Gasteiger partial charge in [0.25, 0.3) is 0 Å². The lowest BCUT2D eigenvalue weighted by Crippen LogP contribution is -2.27. The molecule has 0 saturated heterocycles. The van der Waals surface area contributed by atoms with E-state index in [0.29, 0.717) is 17.9 Å². The Morgan fingerprint density at radius 1 is 1.36 bits per heavy atom. The maximum atomic E-state index is 11.8. The van der Waals surface area contributed by atoms with E-state index in [1.807, 2.05) is 6.20 Å². The van der Waals surface area contributed by atoms with Crippen LogP contribution < -0.4 is 5.32 Å². The van der Waals surface area contributed by atoms with Crippen molar-refractivity contribution in [2.24, 2.45) is 0 Å². The minimum atomic E-state index is 0.0394. The monoisotopic (exact) mass is 300 g/mol. The van der Waals surface area contributed by atoms with E-state index in [0.717, 1.165) is 37.1 Å². The van der Waals surface area contributed by atoms with Crippen molar-refractivity contribution in [3.05, 3.63) is 29.1 Å². The first-order valence-corrected chi connectivity index (χ1v) is 8.06. The number of hydrogen-bond acceptors (Lipinski definition) is 3. The van der Waals surface area contributed by atoms with Crippen molar-refractivity contribution in [2.45, 2.75) is 46.0 Å². The number of H-pyrrole nitrogens is 1. The molecular formula is C17H24N4O. The van der Waals surface area contributed by atoms with Crippen LogP contribution in [0.1, 0.15) is 50.7 Å². The van der Waals surface area contributed by atoms with Crippen molar-refractivity contribution in [2.75, 3.05) is 18.4 Å². The predicted octanol–water partition coefficient (Wildman–Crippen LogP) is 3.17. The SMILES string of the molecule is CCCCCc1c[nH]c(NC2=CC(=O)N(CCC)C2)c1C#N. The summed E-state index contributed by atoms with van der Waals surface area (Å²) in [5.41, 5.74) is 2.56. The molecule has 5 nitrogen and oxygen atoms in total. The van der Waals surface area contributed by atoms with Crippen LogP contribution in [0.15, 0.2) is 18.0 Å². The van der Waals surface area contributed by atoms with Gasteiger partial charge in [-0.15, -0.1) is 0 Å². The van der Waals surface area contributed by atoms with Gasteiger partial charge in [0, 0.05) is 24.5 Å². The zero-order chi connectivity index (χ0) is 15.9. The number of rotatable bonds is 8. The number of nitriles is 1. The maximum Gasteiger partial charge on any atom is 0.248 e. The van der Waals surface area contributed by atoms with E-state index in [-0.39, 0.29) is 5.91 Å². The van der Waals surface area contributed by atoms with Crippen LogP contribution in [0.5, 0.6) is 0 Å². The Bertz CT molecular complexity index is 594. The molecule has 22 heavy (non-hydrogen) atoms. The van der Waals surface area contributed by atoms with Gasteiger partial charge in [-0.1, -0.05) is 26.7 Å². The van der Waals surface area contributed by atoms with Crippen molar-refractivity contribution in [3.63, 3.8) is 0 Å². The van der Waals surface area contributed by atoms with Gasteiger partial charge in [0.15, 0.2) is 0 Å². The second-order valence-electron chi connectivity index (χ2n) is 5.69. The Hall–Kier alpha value is -2.22. The Kier molecular flexibility index (Phi) is 5.65. The van der Waals surface area contributed by atoms with Gasteiger partial charge in [-0.2, -0.15) is 5.26 Å². The van der Waals surface area contributed by atoms with Crippen LogP contribution >= 0.6 is 0 Å². The van der Waals surface area contributed by atoms with Crippen LogP contribution in [-0.4, -0.2) is 28.9 Å². The molecule has 0 aliphatic carbocycles. The molecule has 1 amide bonds. The van der Waals surface area contributed by atoms with Gasteiger partial charge in [0.1, 0.15) is 11.9 Å². The maximum absolute atomic E-state index is 11.8. The topological polar surface area (TPSA) is 71.9 Å². The van der Waals surface area contributed by atoms with Crippen LogP contribution in [-0.2, 0) is 11.2 Å². The van der Waals surface area contributed by atoms with E-state index in [1.54, 1.807) is 11.0 Å². The number of amides is 1. The lowest BCUT2D eigenvalue weighted by Gasteiger charge is -2.15. The number of carbonyl (C=O) groups is 1. The lowest BCUT2D eigenvalue weighted by molar-refractivity contribution is -0.124. The van der Waals surface area contributed by atoms with Crippen molar-refractivity contribution in [3.8, 4) is 6.07 Å². The smallest absolute Gasteiger partial charge is 0.248 e. The number of anilines is 1. The Balaban J connectivity index is 2.03. The van der Waals surface area contributed by atoms with E-state index in [1.165, 1.54) is 12.8 Å². The van der Waals surface area contributed by atoms with Gasteiger partial charge >= 0.3 is 0 Å². The molecule has 2 heterocycles. The summed E-state index contributed by atoms with van der Waals surface area (Å²) in [6.07, 6.45) is 8.80. The van der Waals surface area contributed by atoms with E-state index >= 15 is 0 Å². The summed E-state index contributed by atoms with van der Waals surface area (Å²) in [6.45, 7) is 5.57. The Labute approximate surface area is 132 Å². The molecule has 0 bridgehead atoms. The number of nitrogens with zero attached hydrogens (tertiary/aromatic N) is 2. The molecule has 0 aromatic carbocycles. The van der Waals surface area contributed by atoms with Gasteiger partial charge in [-0.3, -0.25) is 4.79 Å². The quantitative estimate of drug-likeness (QED) is 0.724. The van der Waals surface area contributed by atoms with E-state index < -0.39 is 0 Å². The summed E-state index contributed by atoms with van der Waals surface area (Å²) in [5.74, 6) is 0.740. The molecule has 0 radical (unpaired) electrons. The lowest BCUT2D eigenvalue weighted by atomic mass is 10.1. The first-order valence-electron chi connectivity index (χ1n) is 8.06. The third-order valence-electron chi connectivity index (χ3n) is 3.87. The van der Waals surface area contributed by atoms with Crippen LogP contribution in [0.3, 0.4) is 0 Å². The van der Waals surface area contributed by atoms with Crippen LogP contribution in [0.2, 0.25) is 0 Å². The number of aromatic amines is 1. The zero-order valence-corrected chi connectivity index (χ0v) is 13.4. The summed E-state index contributed by atoms with van der Waals surface area (Å²) in [5, 5.41) is 12.6. The average molecular weight is 300 g/mol. The molecule has 0 atom stereocenters. The van der Waals surface area contributed by atoms with E-state index in [2.05, 4.69) is 30.2 Å². The number of unbranched alkanes of at least 4 members (excludes halogenated alkanes) is 2. The summed E-state index contributed by atoms with van der Waals surface area (Å²) in [6, 6.07) is 2.27. The predicted molar refractivity (Wildman–Crippen MR) is 87.3 cm³/mol. The molecule has 0 spiro atoms. The number of aromatic nitrogens is 1. The van der Waals surface area contributed by atoms with Crippen LogP contribution in [0.4, 0.5) is 5.82 Å². The van der Waals surface area contributed by atoms with Gasteiger partial charge in [-0.25, -0.2) is 0 Å². The van der Waals surface area contributed by atoms with E-state index in [9.17, 15) is 10.1 Å². The fraction of sp³-hybridized carbons (Fsp3) is 0.529. The molecule has 118 valence electrons. The number of aryl methyl sites for hydroxylation is 1. The molecule has 0 saturated carbocycles. The molecule has 1 aromatic heterocycles. The van der Waals surface area contributed by atoms with Gasteiger partial charge in [-0.05, 0) is 24.8 Å². The molecule has 1 aliphatic rings. The Morgan fingerprint density at radius 2 is 2.18 bits per heavy atom. The highest BCUT2D eigenvalue weighted by molar-refractivity contribution is 5.92. The summed E-state index contributed by atoms with van der Waals surface area (Å²) >= 11 is 0. The molecule has 0 unspecified atom stereocenters. The van der Waals surface area contributed by atoms with Crippen molar-refractivity contribution >= 4 is 11.7 Å². The Morgan fingerprint density at radius 3 is 2.86 bits per heavy atom. The summed E-state index contributed by atoms with van der Waals surface area (Å²) < 4.78 is 0. The minimum Gasteiger partial charge on any atom is -0.347 e. The van der Waals surface area contributed by atoms with Gasteiger partial charge < -0.3 is 15.2 Å². The zero-order valence-electron chi connectivity index (χ0n) is 13.4. The third-order valence-corrected chi connectivity index (χ3v) is 3.87. The van der Waals surface area contributed by atoms with Gasteiger partial charge in [0.05, 0.1) is 12.1 Å².